The van der Waals surface area contributed by atoms with E-state index in [2.05, 4.69) is 10.1 Å². The predicted octanol–water partition coefficient (Wildman–Crippen LogP) is 3.26. The molecule has 2 aromatic carbocycles. The number of benzene rings is 2. The third-order valence-corrected chi connectivity index (χ3v) is 4.61. The van der Waals surface area contributed by atoms with Gasteiger partial charge in [-0.15, -0.1) is 0 Å². The van der Waals surface area contributed by atoms with Crippen molar-refractivity contribution in [3.8, 4) is 0 Å². The van der Waals surface area contributed by atoms with Crippen LogP contribution in [0.3, 0.4) is 0 Å². The van der Waals surface area contributed by atoms with Gasteiger partial charge < -0.3 is 15.0 Å². The summed E-state index contributed by atoms with van der Waals surface area (Å²) >= 11 is 6.08. The quantitative estimate of drug-likeness (QED) is 0.813. The minimum absolute atomic E-state index is 0.0253. The van der Waals surface area contributed by atoms with Gasteiger partial charge >= 0.3 is 5.97 Å². The fourth-order valence-corrected chi connectivity index (χ4v) is 3.02. The van der Waals surface area contributed by atoms with E-state index in [1.807, 2.05) is 0 Å². The van der Waals surface area contributed by atoms with Crippen molar-refractivity contribution in [2.24, 2.45) is 5.92 Å². The fourth-order valence-electron chi connectivity index (χ4n) is 2.85. The first-order chi connectivity index (χ1) is 12.9. The van der Waals surface area contributed by atoms with Crippen molar-refractivity contribution in [2.75, 3.05) is 23.9 Å². The largest absolute Gasteiger partial charge is 0.465 e. The third kappa shape index (κ3) is 4.09. The second-order valence-corrected chi connectivity index (χ2v) is 6.46. The van der Waals surface area contributed by atoms with Crippen LogP contribution in [0.15, 0.2) is 42.5 Å². The van der Waals surface area contributed by atoms with Crippen LogP contribution in [0.25, 0.3) is 0 Å². The van der Waals surface area contributed by atoms with Gasteiger partial charge in [0.2, 0.25) is 11.8 Å². The van der Waals surface area contributed by atoms with Crippen LogP contribution in [0.4, 0.5) is 15.8 Å². The number of hydrogen-bond donors (Lipinski definition) is 1. The minimum atomic E-state index is -0.597. The van der Waals surface area contributed by atoms with Gasteiger partial charge in [-0.3, -0.25) is 9.59 Å². The van der Waals surface area contributed by atoms with Gasteiger partial charge in [0, 0.05) is 18.7 Å². The van der Waals surface area contributed by atoms with Crippen molar-refractivity contribution < 1.29 is 23.5 Å². The highest BCUT2D eigenvalue weighted by Gasteiger charge is 2.35. The van der Waals surface area contributed by atoms with Crippen LogP contribution in [-0.4, -0.2) is 31.4 Å². The van der Waals surface area contributed by atoms with Gasteiger partial charge in [-0.1, -0.05) is 11.6 Å². The number of ether oxygens (including phenoxy) is 1. The van der Waals surface area contributed by atoms with E-state index in [-0.39, 0.29) is 35.1 Å². The topological polar surface area (TPSA) is 75.7 Å². The summed E-state index contributed by atoms with van der Waals surface area (Å²) in [5.41, 5.74) is 1.03. The molecule has 8 heteroatoms. The molecule has 0 saturated carbocycles. The first-order valence-corrected chi connectivity index (χ1v) is 8.51. The Morgan fingerprint density at radius 2 is 1.93 bits per heavy atom. The number of carbonyl (C=O) groups is 3. The standard InChI is InChI=1S/C19H16ClFN2O4/c1-27-19(26)11-2-7-15(20)16(8-11)22-18(25)12-9-17(24)23(10-12)14-5-3-13(21)4-6-14/h2-8,12H,9-10H2,1H3,(H,22,25). The first kappa shape index (κ1) is 18.8. The number of nitrogens with one attached hydrogen (secondary N) is 1. The maximum atomic E-state index is 13.1. The number of esters is 1. The number of halogens is 2. The van der Waals surface area contributed by atoms with E-state index in [1.165, 1.54) is 54.5 Å². The Labute approximate surface area is 159 Å². The molecule has 1 N–H and O–H groups in total. The maximum absolute atomic E-state index is 13.1. The molecule has 0 radical (unpaired) electrons. The SMILES string of the molecule is COC(=O)c1ccc(Cl)c(NC(=O)C2CC(=O)N(c3ccc(F)cc3)C2)c1. The molecule has 1 atom stereocenters. The van der Waals surface area contributed by atoms with Gasteiger partial charge in [0.25, 0.3) is 0 Å². The highest BCUT2D eigenvalue weighted by atomic mass is 35.5. The van der Waals surface area contributed by atoms with E-state index < -0.39 is 23.6 Å². The number of nitrogens with zero attached hydrogens (tertiary/aromatic N) is 1. The zero-order valence-corrected chi connectivity index (χ0v) is 15.1. The van der Waals surface area contributed by atoms with Gasteiger partial charge in [-0.25, -0.2) is 9.18 Å². The Morgan fingerprint density at radius 1 is 1.22 bits per heavy atom. The molecule has 2 aromatic rings. The molecule has 27 heavy (non-hydrogen) atoms. The molecule has 1 aliphatic heterocycles. The molecule has 2 amide bonds. The Bertz CT molecular complexity index is 901. The lowest BCUT2D eigenvalue weighted by Crippen LogP contribution is -2.28. The van der Waals surface area contributed by atoms with Gasteiger partial charge in [-0.2, -0.15) is 0 Å². The van der Waals surface area contributed by atoms with Crippen molar-refractivity contribution in [3.05, 3.63) is 58.9 Å². The number of amides is 2. The van der Waals surface area contributed by atoms with Gasteiger partial charge in [-0.05, 0) is 42.5 Å². The summed E-state index contributed by atoms with van der Waals surface area (Å²) in [5, 5.41) is 2.92. The van der Waals surface area contributed by atoms with Gasteiger partial charge in [0.05, 0.1) is 29.3 Å². The molecule has 1 fully saturated rings. The van der Waals surface area contributed by atoms with Gasteiger partial charge in [0.1, 0.15) is 5.82 Å². The lowest BCUT2D eigenvalue weighted by molar-refractivity contribution is -0.122. The maximum Gasteiger partial charge on any atom is 0.337 e. The van der Waals surface area contributed by atoms with Crippen LogP contribution in [0.2, 0.25) is 5.02 Å². The molecule has 0 aliphatic carbocycles. The van der Waals surface area contributed by atoms with E-state index >= 15 is 0 Å². The summed E-state index contributed by atoms with van der Waals surface area (Å²) < 4.78 is 17.7. The molecule has 3 rings (SSSR count). The molecular formula is C19H16ClFN2O4. The third-order valence-electron chi connectivity index (χ3n) is 4.28. The van der Waals surface area contributed by atoms with Crippen molar-refractivity contribution >= 4 is 40.8 Å². The van der Waals surface area contributed by atoms with Crippen LogP contribution in [0.1, 0.15) is 16.8 Å². The molecule has 0 spiro atoms. The molecule has 6 nitrogen and oxygen atoms in total. The number of rotatable bonds is 4. The first-order valence-electron chi connectivity index (χ1n) is 8.13. The van der Waals surface area contributed by atoms with Crippen LogP contribution in [0, 0.1) is 11.7 Å². The highest BCUT2D eigenvalue weighted by molar-refractivity contribution is 6.34. The van der Waals surface area contributed by atoms with Crippen LogP contribution >= 0.6 is 11.6 Å². The lowest BCUT2D eigenvalue weighted by atomic mass is 10.1. The summed E-state index contributed by atoms with van der Waals surface area (Å²) in [5.74, 6) is -2.17. The summed E-state index contributed by atoms with van der Waals surface area (Å²) in [7, 11) is 1.25. The Morgan fingerprint density at radius 3 is 2.59 bits per heavy atom. The number of carbonyl (C=O) groups excluding carboxylic acids is 3. The Hall–Kier alpha value is -2.93. The average molecular weight is 391 g/mol. The predicted molar refractivity (Wildman–Crippen MR) is 98.3 cm³/mol. The number of hydrogen-bond acceptors (Lipinski definition) is 4. The van der Waals surface area contributed by atoms with Crippen LogP contribution < -0.4 is 10.2 Å². The molecule has 1 saturated heterocycles. The molecule has 0 bridgehead atoms. The Kier molecular flexibility index (Phi) is 5.41. The average Bonchev–Trinajstić information content (AvgIpc) is 3.05. The van der Waals surface area contributed by atoms with Crippen molar-refractivity contribution in [2.45, 2.75) is 6.42 Å². The zero-order valence-electron chi connectivity index (χ0n) is 14.4. The Balaban J connectivity index is 1.73. The summed E-state index contributed by atoms with van der Waals surface area (Å²) in [4.78, 5) is 37.9. The highest BCUT2D eigenvalue weighted by Crippen LogP contribution is 2.28. The smallest absolute Gasteiger partial charge is 0.337 e. The summed E-state index contributed by atoms with van der Waals surface area (Å²) in [6.45, 7) is 0.171. The monoisotopic (exact) mass is 390 g/mol. The second-order valence-electron chi connectivity index (χ2n) is 6.06. The molecule has 1 unspecified atom stereocenters. The van der Waals surface area contributed by atoms with Crippen molar-refractivity contribution in [3.63, 3.8) is 0 Å². The molecular weight excluding hydrogens is 375 g/mol. The normalized spacial score (nSPS) is 16.3. The molecule has 0 aromatic heterocycles. The summed E-state index contributed by atoms with van der Waals surface area (Å²) in [6.07, 6.45) is 0.0253. The molecule has 1 aliphatic rings. The van der Waals surface area contributed by atoms with Crippen LogP contribution in [0.5, 0.6) is 0 Å². The van der Waals surface area contributed by atoms with Crippen LogP contribution in [-0.2, 0) is 14.3 Å². The van der Waals surface area contributed by atoms with Crippen molar-refractivity contribution in [1.29, 1.82) is 0 Å². The van der Waals surface area contributed by atoms with Crippen molar-refractivity contribution in [1.82, 2.24) is 0 Å². The summed E-state index contributed by atoms with van der Waals surface area (Å²) in [6, 6.07) is 9.88. The van der Waals surface area contributed by atoms with E-state index in [4.69, 9.17) is 11.6 Å². The number of methoxy groups -OCH3 is 1. The second kappa shape index (κ2) is 7.75. The minimum Gasteiger partial charge on any atom is -0.465 e. The van der Waals surface area contributed by atoms with E-state index in [0.29, 0.717) is 5.69 Å². The molecule has 140 valence electrons. The van der Waals surface area contributed by atoms with Gasteiger partial charge in [0.15, 0.2) is 0 Å². The van der Waals surface area contributed by atoms with E-state index in [9.17, 15) is 18.8 Å². The van der Waals surface area contributed by atoms with E-state index in [1.54, 1.807) is 0 Å². The zero-order chi connectivity index (χ0) is 19.6. The molecule has 1 heterocycles. The van der Waals surface area contributed by atoms with E-state index in [0.717, 1.165) is 0 Å². The lowest BCUT2D eigenvalue weighted by Gasteiger charge is -2.17. The number of anilines is 2. The fraction of sp³-hybridized carbons (Fsp3) is 0.211.